The van der Waals surface area contributed by atoms with Crippen LogP contribution in [0.2, 0.25) is 0 Å². The highest BCUT2D eigenvalue weighted by Gasteiger charge is 2.61. The molecule has 154 valence electrons. The number of nitrogens with zero attached hydrogens (tertiary/aromatic N) is 2. The summed E-state index contributed by atoms with van der Waals surface area (Å²) >= 11 is 1.62. The molecule has 0 amide bonds. The lowest BCUT2D eigenvalue weighted by atomic mass is 9.67. The van der Waals surface area contributed by atoms with Gasteiger partial charge in [0.1, 0.15) is 16.9 Å². The molecule has 0 bridgehead atoms. The quantitative estimate of drug-likeness (QED) is 0.770. The first-order valence-electron chi connectivity index (χ1n) is 10.4. The van der Waals surface area contributed by atoms with E-state index in [4.69, 9.17) is 20.2 Å². The lowest BCUT2D eigenvalue weighted by Gasteiger charge is -2.47. The van der Waals surface area contributed by atoms with Crippen LogP contribution in [0.5, 0.6) is 5.75 Å². The van der Waals surface area contributed by atoms with E-state index in [0.29, 0.717) is 10.7 Å². The van der Waals surface area contributed by atoms with Crippen molar-refractivity contribution in [3.8, 4) is 22.9 Å². The number of amidine groups is 1. The first kappa shape index (κ1) is 19.5. The minimum atomic E-state index is -0.459. The number of fused-ring (bicyclic) bond motifs is 3. The summed E-state index contributed by atoms with van der Waals surface area (Å²) in [7, 11) is 1.79. The molecule has 5 rings (SSSR count). The SMILES string of the molecule is COC1CCC2(CC1)Oc1ccc(-c3cccc(C#N)c3)cc1C21CCSC(N)=N1. The second kappa shape index (κ2) is 7.33. The molecule has 0 aromatic heterocycles. The summed E-state index contributed by atoms with van der Waals surface area (Å²) in [5, 5.41) is 9.93. The third-order valence-corrected chi connectivity index (χ3v) is 7.69. The summed E-state index contributed by atoms with van der Waals surface area (Å²) in [5.74, 6) is 1.84. The van der Waals surface area contributed by atoms with E-state index in [1.807, 2.05) is 24.3 Å². The number of nitrogens with two attached hydrogens (primary N) is 1. The number of hydrogen-bond donors (Lipinski definition) is 1. The molecule has 1 fully saturated rings. The molecule has 2 N–H and O–H groups in total. The van der Waals surface area contributed by atoms with Crippen LogP contribution in [0, 0.1) is 11.3 Å². The summed E-state index contributed by atoms with van der Waals surface area (Å²) < 4.78 is 12.3. The fourth-order valence-corrected chi connectivity index (χ4v) is 6.17. The minimum Gasteiger partial charge on any atom is -0.484 e. The van der Waals surface area contributed by atoms with Gasteiger partial charge in [-0.25, -0.2) is 4.99 Å². The topological polar surface area (TPSA) is 80.6 Å². The molecular formula is C24H25N3O2S. The van der Waals surface area contributed by atoms with Crippen molar-refractivity contribution < 1.29 is 9.47 Å². The molecule has 5 nitrogen and oxygen atoms in total. The summed E-state index contributed by atoms with van der Waals surface area (Å²) in [6.45, 7) is 0. The number of benzene rings is 2. The molecule has 2 spiro atoms. The Morgan fingerprint density at radius 2 is 1.97 bits per heavy atom. The third kappa shape index (κ3) is 2.91. The Morgan fingerprint density at radius 3 is 2.70 bits per heavy atom. The number of thioether (sulfide) groups is 1. The Balaban J connectivity index is 1.63. The van der Waals surface area contributed by atoms with E-state index in [0.717, 1.165) is 60.3 Å². The Hall–Kier alpha value is -2.49. The van der Waals surface area contributed by atoms with Gasteiger partial charge in [-0.15, -0.1) is 0 Å². The highest BCUT2D eigenvalue weighted by atomic mass is 32.2. The van der Waals surface area contributed by atoms with E-state index in [1.165, 1.54) is 0 Å². The monoisotopic (exact) mass is 419 g/mol. The summed E-state index contributed by atoms with van der Waals surface area (Å²) in [4.78, 5) is 5.09. The van der Waals surface area contributed by atoms with Crippen molar-refractivity contribution in [1.29, 1.82) is 5.26 Å². The van der Waals surface area contributed by atoms with Gasteiger partial charge in [0.05, 0.1) is 17.7 Å². The van der Waals surface area contributed by atoms with Gasteiger partial charge in [0, 0.05) is 18.4 Å². The largest absolute Gasteiger partial charge is 0.484 e. The zero-order chi connectivity index (χ0) is 20.8. The normalized spacial score (nSPS) is 29.9. The number of aliphatic imine (C=N–C) groups is 1. The van der Waals surface area contributed by atoms with E-state index in [9.17, 15) is 5.26 Å². The van der Waals surface area contributed by atoms with E-state index in [1.54, 1.807) is 18.9 Å². The highest BCUT2D eigenvalue weighted by Crippen LogP contribution is 2.59. The molecule has 30 heavy (non-hydrogen) atoms. The Morgan fingerprint density at radius 1 is 1.17 bits per heavy atom. The standard InChI is InChI=1S/C24H25N3O2S/c1-28-19-7-9-23(10-8-19)24(11-12-30-22(26)27-24)20-14-18(5-6-21(20)29-23)17-4-2-3-16(13-17)15-25/h2-6,13-14,19H,7-12H2,1H3,(H2,26,27). The van der Waals surface area contributed by atoms with Gasteiger partial charge in [0.2, 0.25) is 0 Å². The molecule has 2 aliphatic heterocycles. The second-order valence-corrected chi connectivity index (χ2v) is 9.46. The van der Waals surface area contributed by atoms with Gasteiger partial charge in [-0.05, 0) is 67.5 Å². The van der Waals surface area contributed by atoms with Gasteiger partial charge < -0.3 is 15.2 Å². The Kier molecular flexibility index (Phi) is 4.76. The van der Waals surface area contributed by atoms with Crippen molar-refractivity contribution in [2.24, 2.45) is 10.7 Å². The second-order valence-electron chi connectivity index (χ2n) is 8.34. The summed E-state index contributed by atoms with van der Waals surface area (Å²) in [5.41, 5.74) is 9.32. The molecule has 1 unspecified atom stereocenters. The van der Waals surface area contributed by atoms with Crippen molar-refractivity contribution in [3.05, 3.63) is 53.6 Å². The average Bonchev–Trinajstić information content (AvgIpc) is 3.02. The number of methoxy groups -OCH3 is 1. The van der Waals surface area contributed by atoms with E-state index < -0.39 is 5.54 Å². The van der Waals surface area contributed by atoms with Crippen molar-refractivity contribution in [1.82, 2.24) is 0 Å². The van der Waals surface area contributed by atoms with Gasteiger partial charge in [0.15, 0.2) is 5.17 Å². The van der Waals surface area contributed by atoms with Gasteiger partial charge in [0.25, 0.3) is 0 Å². The van der Waals surface area contributed by atoms with Crippen LogP contribution < -0.4 is 10.5 Å². The van der Waals surface area contributed by atoms with Gasteiger partial charge >= 0.3 is 0 Å². The molecular weight excluding hydrogens is 394 g/mol. The lowest BCUT2D eigenvalue weighted by Crippen LogP contribution is -2.55. The number of hydrogen-bond acceptors (Lipinski definition) is 6. The van der Waals surface area contributed by atoms with E-state index in [-0.39, 0.29) is 11.7 Å². The molecule has 6 heteroatoms. The van der Waals surface area contributed by atoms with Crippen LogP contribution in [0.25, 0.3) is 11.1 Å². The zero-order valence-corrected chi connectivity index (χ0v) is 17.9. The van der Waals surface area contributed by atoms with Crippen LogP contribution in [0.3, 0.4) is 0 Å². The van der Waals surface area contributed by atoms with Crippen LogP contribution >= 0.6 is 11.8 Å². The first-order valence-corrected chi connectivity index (χ1v) is 11.4. The number of rotatable bonds is 2. The van der Waals surface area contributed by atoms with Crippen LogP contribution in [0.15, 0.2) is 47.5 Å². The maximum atomic E-state index is 9.29. The molecule has 2 aromatic rings. The lowest BCUT2D eigenvalue weighted by molar-refractivity contribution is -0.0561. The Bertz CT molecular complexity index is 1050. The molecule has 1 saturated carbocycles. The minimum absolute atomic E-state index is 0.281. The van der Waals surface area contributed by atoms with Crippen LogP contribution in [-0.2, 0) is 10.3 Å². The molecule has 2 aromatic carbocycles. The average molecular weight is 420 g/mol. The van der Waals surface area contributed by atoms with Crippen molar-refractivity contribution in [2.45, 2.75) is 49.3 Å². The number of nitriles is 1. The van der Waals surface area contributed by atoms with Gasteiger partial charge in [-0.1, -0.05) is 30.0 Å². The third-order valence-electron chi connectivity index (χ3n) is 6.90. The maximum Gasteiger partial charge on any atom is 0.154 e. The maximum absolute atomic E-state index is 9.29. The van der Waals surface area contributed by atoms with Crippen LogP contribution in [0.4, 0.5) is 0 Å². The highest BCUT2D eigenvalue weighted by molar-refractivity contribution is 8.13. The molecule has 3 aliphatic rings. The van der Waals surface area contributed by atoms with Crippen LogP contribution in [-0.4, -0.2) is 29.7 Å². The number of ether oxygens (including phenoxy) is 2. The smallest absolute Gasteiger partial charge is 0.154 e. The van der Waals surface area contributed by atoms with Crippen LogP contribution in [0.1, 0.15) is 43.2 Å². The fraction of sp³-hybridized carbons (Fsp3) is 0.417. The van der Waals surface area contributed by atoms with Gasteiger partial charge in [-0.2, -0.15) is 5.26 Å². The summed E-state index contributed by atoms with van der Waals surface area (Å²) in [6.07, 6.45) is 4.92. The molecule has 0 saturated heterocycles. The van der Waals surface area contributed by atoms with E-state index >= 15 is 0 Å². The van der Waals surface area contributed by atoms with Crippen molar-refractivity contribution in [3.63, 3.8) is 0 Å². The first-order chi connectivity index (χ1) is 14.6. The molecule has 1 aliphatic carbocycles. The molecule has 2 heterocycles. The predicted octanol–water partition coefficient (Wildman–Crippen LogP) is 4.59. The van der Waals surface area contributed by atoms with Gasteiger partial charge in [-0.3, -0.25) is 0 Å². The Labute approximate surface area is 181 Å². The predicted molar refractivity (Wildman–Crippen MR) is 120 cm³/mol. The fourth-order valence-electron chi connectivity index (χ4n) is 5.34. The zero-order valence-electron chi connectivity index (χ0n) is 17.1. The van der Waals surface area contributed by atoms with E-state index in [2.05, 4.69) is 24.3 Å². The molecule has 1 atom stereocenters. The van der Waals surface area contributed by atoms with Crippen molar-refractivity contribution >= 4 is 16.9 Å². The molecule has 0 radical (unpaired) electrons. The summed E-state index contributed by atoms with van der Waals surface area (Å²) in [6, 6.07) is 16.3. The van der Waals surface area contributed by atoms with Crippen molar-refractivity contribution in [2.75, 3.05) is 12.9 Å².